The van der Waals surface area contributed by atoms with Crippen LogP contribution in [0.4, 0.5) is 0 Å². The molecule has 258 valence electrons. The molecular formula is C39H44Cl2N4O4. The van der Waals surface area contributed by atoms with Gasteiger partial charge in [0.15, 0.2) is 0 Å². The minimum atomic E-state index is -0.117. The summed E-state index contributed by atoms with van der Waals surface area (Å²) in [7, 11) is 0. The molecule has 1 aliphatic heterocycles. The van der Waals surface area contributed by atoms with Crippen LogP contribution in [0.1, 0.15) is 60.4 Å². The largest absolute Gasteiger partial charge is 0.493 e. The van der Waals surface area contributed by atoms with E-state index in [0.29, 0.717) is 40.3 Å². The molecule has 1 atom stereocenters. The van der Waals surface area contributed by atoms with Crippen molar-refractivity contribution in [2.75, 3.05) is 32.8 Å². The van der Waals surface area contributed by atoms with Gasteiger partial charge in [-0.15, -0.1) is 0 Å². The number of halogens is 2. The van der Waals surface area contributed by atoms with Gasteiger partial charge in [0, 0.05) is 59.8 Å². The number of nitriles is 1. The first kappa shape index (κ1) is 36.4. The van der Waals surface area contributed by atoms with Gasteiger partial charge in [-0.05, 0) is 75.5 Å². The van der Waals surface area contributed by atoms with Crippen molar-refractivity contribution < 1.29 is 19.3 Å². The van der Waals surface area contributed by atoms with E-state index in [1.165, 1.54) is 38.5 Å². The molecule has 10 heteroatoms. The normalized spacial score (nSPS) is 13.9. The minimum Gasteiger partial charge on any atom is -0.493 e. The number of piperidine rings is 1. The first-order valence-electron chi connectivity index (χ1n) is 16.8. The molecule has 0 saturated carbocycles. The standard InChI is InChI=1S/C39H44Cl2N4O4/c1-27(24-46)44-23-32-18-35(40)38(19-37(32)48-25-30-17-29(20-42)21-43-22-30)49-26-31-9-6-11-34(39(31)41)33-10-7-12-36(28(33)2)47-16-8-15-45-13-4-3-5-14-45/h6-7,9-12,17-19,21-22,27,44,46H,3-5,8,13-16,23-26H2,1-2H3. The van der Waals surface area contributed by atoms with Crippen LogP contribution in [-0.4, -0.2) is 53.9 Å². The van der Waals surface area contributed by atoms with E-state index in [0.717, 1.165) is 52.1 Å². The molecule has 49 heavy (non-hydrogen) atoms. The molecule has 1 unspecified atom stereocenters. The van der Waals surface area contributed by atoms with Gasteiger partial charge in [-0.1, -0.05) is 60.0 Å². The van der Waals surface area contributed by atoms with Crippen molar-refractivity contribution in [3.8, 4) is 34.4 Å². The Bertz CT molecular complexity index is 1740. The highest BCUT2D eigenvalue weighted by Crippen LogP contribution is 2.38. The maximum absolute atomic E-state index is 9.50. The molecule has 2 heterocycles. The molecule has 1 saturated heterocycles. The predicted octanol–water partition coefficient (Wildman–Crippen LogP) is 8.12. The first-order chi connectivity index (χ1) is 23.9. The number of aliphatic hydroxyl groups is 1. The highest BCUT2D eigenvalue weighted by molar-refractivity contribution is 6.34. The lowest BCUT2D eigenvalue weighted by Gasteiger charge is -2.26. The Morgan fingerprint density at radius 1 is 0.918 bits per heavy atom. The highest BCUT2D eigenvalue weighted by Gasteiger charge is 2.17. The van der Waals surface area contributed by atoms with Crippen LogP contribution in [0.3, 0.4) is 0 Å². The van der Waals surface area contributed by atoms with Crippen molar-refractivity contribution in [1.82, 2.24) is 15.2 Å². The molecule has 0 bridgehead atoms. The van der Waals surface area contributed by atoms with Crippen molar-refractivity contribution in [2.45, 2.75) is 65.3 Å². The fourth-order valence-electron chi connectivity index (χ4n) is 5.87. The van der Waals surface area contributed by atoms with E-state index in [4.69, 9.17) is 37.4 Å². The van der Waals surface area contributed by atoms with Crippen LogP contribution in [0, 0.1) is 18.3 Å². The summed E-state index contributed by atoms with van der Waals surface area (Å²) in [6.07, 6.45) is 8.10. The SMILES string of the molecule is Cc1c(OCCCN2CCCCC2)cccc1-c1cccc(COc2cc(OCc3cncc(C#N)c3)c(CNC(C)CO)cc2Cl)c1Cl. The number of hydrogen-bond donors (Lipinski definition) is 2. The third-order valence-corrected chi connectivity index (χ3v) is 9.45. The Morgan fingerprint density at radius 3 is 2.49 bits per heavy atom. The number of likely N-dealkylation sites (tertiary alicyclic amines) is 1. The van der Waals surface area contributed by atoms with E-state index in [1.54, 1.807) is 24.4 Å². The van der Waals surface area contributed by atoms with Gasteiger partial charge in [0.25, 0.3) is 0 Å². The molecule has 0 radical (unpaired) electrons. The average molecular weight is 704 g/mol. The lowest BCUT2D eigenvalue weighted by atomic mass is 9.98. The van der Waals surface area contributed by atoms with E-state index in [-0.39, 0.29) is 25.9 Å². The van der Waals surface area contributed by atoms with Crippen molar-refractivity contribution in [2.24, 2.45) is 0 Å². The summed E-state index contributed by atoms with van der Waals surface area (Å²) in [4.78, 5) is 6.66. The van der Waals surface area contributed by atoms with Gasteiger partial charge in [0.1, 0.15) is 36.5 Å². The van der Waals surface area contributed by atoms with E-state index < -0.39 is 0 Å². The molecule has 2 N–H and O–H groups in total. The van der Waals surface area contributed by atoms with Gasteiger partial charge in [-0.2, -0.15) is 5.26 Å². The second-order valence-electron chi connectivity index (χ2n) is 12.4. The number of pyridine rings is 1. The monoisotopic (exact) mass is 702 g/mol. The number of ether oxygens (including phenoxy) is 3. The van der Waals surface area contributed by atoms with E-state index in [9.17, 15) is 10.4 Å². The van der Waals surface area contributed by atoms with Crippen LogP contribution in [0.2, 0.25) is 10.0 Å². The highest BCUT2D eigenvalue weighted by atomic mass is 35.5. The first-order valence-corrected chi connectivity index (χ1v) is 17.6. The molecule has 4 aromatic rings. The quantitative estimate of drug-likeness (QED) is 0.113. The summed E-state index contributed by atoms with van der Waals surface area (Å²) in [5.74, 6) is 1.87. The van der Waals surface area contributed by atoms with Crippen LogP contribution in [0.15, 0.2) is 67.0 Å². The van der Waals surface area contributed by atoms with E-state index in [1.807, 2.05) is 37.3 Å². The van der Waals surface area contributed by atoms with Crippen LogP contribution in [-0.2, 0) is 19.8 Å². The lowest BCUT2D eigenvalue weighted by Crippen LogP contribution is -2.31. The number of aliphatic hydroxyl groups excluding tert-OH is 1. The molecule has 1 aromatic heterocycles. The number of aromatic nitrogens is 1. The second-order valence-corrected chi connectivity index (χ2v) is 13.2. The lowest BCUT2D eigenvalue weighted by molar-refractivity contribution is 0.204. The number of benzene rings is 3. The van der Waals surface area contributed by atoms with Gasteiger partial charge in [0.05, 0.1) is 28.8 Å². The minimum absolute atomic E-state index is 0.00668. The Balaban J connectivity index is 1.29. The smallest absolute Gasteiger partial charge is 0.142 e. The molecule has 8 nitrogen and oxygen atoms in total. The van der Waals surface area contributed by atoms with Crippen molar-refractivity contribution >= 4 is 23.2 Å². The molecule has 1 fully saturated rings. The van der Waals surface area contributed by atoms with Gasteiger partial charge in [0.2, 0.25) is 0 Å². The molecule has 0 spiro atoms. The number of nitrogens with one attached hydrogen (secondary N) is 1. The van der Waals surface area contributed by atoms with Crippen LogP contribution in [0.25, 0.3) is 11.1 Å². The average Bonchev–Trinajstić information content (AvgIpc) is 3.13. The summed E-state index contributed by atoms with van der Waals surface area (Å²) in [5, 5.41) is 23.0. The second kappa shape index (κ2) is 18.2. The molecule has 0 amide bonds. The zero-order chi connectivity index (χ0) is 34.6. The summed E-state index contributed by atoms with van der Waals surface area (Å²) in [5.41, 5.74) is 5.78. The Hall–Kier alpha value is -3.84. The predicted molar refractivity (Wildman–Crippen MR) is 194 cm³/mol. The Morgan fingerprint density at radius 2 is 1.69 bits per heavy atom. The Labute approximate surface area is 299 Å². The van der Waals surface area contributed by atoms with Crippen LogP contribution < -0.4 is 19.5 Å². The van der Waals surface area contributed by atoms with Gasteiger partial charge in [-0.25, -0.2) is 0 Å². The third-order valence-electron chi connectivity index (χ3n) is 8.71. The van der Waals surface area contributed by atoms with Crippen molar-refractivity contribution in [1.29, 1.82) is 5.26 Å². The van der Waals surface area contributed by atoms with Crippen LogP contribution in [0.5, 0.6) is 17.2 Å². The summed E-state index contributed by atoms with van der Waals surface area (Å²) in [6, 6.07) is 19.3. The van der Waals surface area contributed by atoms with E-state index >= 15 is 0 Å². The van der Waals surface area contributed by atoms with Gasteiger partial charge >= 0.3 is 0 Å². The van der Waals surface area contributed by atoms with Gasteiger partial charge < -0.3 is 29.5 Å². The molecular weight excluding hydrogens is 659 g/mol. The maximum Gasteiger partial charge on any atom is 0.142 e. The summed E-state index contributed by atoms with van der Waals surface area (Å²) in [6.45, 7) is 8.88. The van der Waals surface area contributed by atoms with Gasteiger partial charge in [-0.3, -0.25) is 4.98 Å². The van der Waals surface area contributed by atoms with Crippen LogP contribution >= 0.6 is 23.2 Å². The van der Waals surface area contributed by atoms with E-state index in [2.05, 4.69) is 34.3 Å². The zero-order valence-electron chi connectivity index (χ0n) is 28.2. The number of rotatable bonds is 16. The molecule has 3 aromatic carbocycles. The fourth-order valence-corrected chi connectivity index (χ4v) is 6.39. The molecule has 0 aliphatic carbocycles. The summed E-state index contributed by atoms with van der Waals surface area (Å²) < 4.78 is 18.7. The topological polar surface area (TPSA) is 99.9 Å². The van der Waals surface area contributed by atoms with Crippen molar-refractivity contribution in [3.05, 3.63) is 105 Å². The van der Waals surface area contributed by atoms with Crippen molar-refractivity contribution in [3.63, 3.8) is 0 Å². The molecule has 5 rings (SSSR count). The Kier molecular flexibility index (Phi) is 13.6. The number of nitrogens with zero attached hydrogens (tertiary/aromatic N) is 3. The third kappa shape index (κ3) is 10.1. The fraction of sp³-hybridized carbons (Fsp3) is 0.385. The number of hydrogen-bond acceptors (Lipinski definition) is 8. The molecule has 1 aliphatic rings. The zero-order valence-corrected chi connectivity index (χ0v) is 29.7. The maximum atomic E-state index is 9.50. The summed E-state index contributed by atoms with van der Waals surface area (Å²) >= 11 is 13.7.